The van der Waals surface area contributed by atoms with Crippen molar-refractivity contribution in [2.45, 2.75) is 31.1 Å². The van der Waals surface area contributed by atoms with Gasteiger partial charge in [-0.05, 0) is 51.1 Å². The maximum Gasteiger partial charge on any atom is 0.274 e. The van der Waals surface area contributed by atoms with Crippen molar-refractivity contribution in [3.8, 4) is 6.07 Å². The van der Waals surface area contributed by atoms with Crippen molar-refractivity contribution in [2.75, 3.05) is 11.1 Å². The van der Waals surface area contributed by atoms with Crippen molar-refractivity contribution in [3.63, 3.8) is 0 Å². The quantitative estimate of drug-likeness (QED) is 0.737. The first kappa shape index (κ1) is 22.4. The molecule has 154 valence electrons. The number of hydrogen-bond donors (Lipinski definition) is 2. The topological polar surface area (TPSA) is 126 Å². The molecule has 2 aromatic rings. The van der Waals surface area contributed by atoms with Gasteiger partial charge >= 0.3 is 0 Å². The predicted octanol–water partition coefficient (Wildman–Crippen LogP) is 2.50. The molecule has 1 atom stereocenters. The Morgan fingerprint density at radius 1 is 1.24 bits per heavy atom. The molecule has 1 aromatic heterocycles. The largest absolute Gasteiger partial charge is 0.321 e. The highest BCUT2D eigenvalue weighted by atomic mass is 32.2. The monoisotopic (exact) mass is 422 g/mol. The van der Waals surface area contributed by atoms with E-state index in [9.17, 15) is 22.0 Å². The number of pyridine rings is 1. The molecule has 1 aromatic carbocycles. The lowest BCUT2D eigenvalue weighted by Crippen LogP contribution is -2.46. The molecule has 7 nitrogen and oxygen atoms in total. The number of hydrogen-bond acceptors (Lipinski definition) is 6. The molecular formula is C19H20F2N4O3S. The van der Waals surface area contributed by atoms with E-state index in [2.05, 4.69) is 10.3 Å². The molecule has 0 fully saturated rings. The predicted molar refractivity (Wildman–Crippen MR) is 104 cm³/mol. The molecule has 0 aliphatic rings. The standard InChI is InChI=1S/C19H20F2N4O3S/c1-18(2,10-22)29(27,28)11-19(3,23)14-8-13(5-6-15(14)21)25-17(26)16-7-4-12(20)9-24-16/h4-9H,11,23H2,1-3H3,(H,25,26)/t19-/m0/s1. The van der Waals surface area contributed by atoms with Crippen LogP contribution < -0.4 is 11.1 Å². The number of sulfone groups is 1. The Bertz CT molecular complexity index is 1080. The number of nitrogens with two attached hydrogens (primary N) is 1. The first-order valence-corrected chi connectivity index (χ1v) is 10.1. The summed E-state index contributed by atoms with van der Waals surface area (Å²) in [5.41, 5.74) is 4.36. The number of nitrogens with zero attached hydrogens (tertiary/aromatic N) is 2. The molecule has 1 heterocycles. The Hall–Kier alpha value is -2.90. The van der Waals surface area contributed by atoms with Crippen LogP contribution in [0.5, 0.6) is 0 Å². The van der Waals surface area contributed by atoms with Gasteiger partial charge in [0.05, 0.1) is 23.6 Å². The number of nitrogens with one attached hydrogen (secondary N) is 1. The van der Waals surface area contributed by atoms with Gasteiger partial charge in [-0.1, -0.05) is 0 Å². The lowest BCUT2D eigenvalue weighted by Gasteiger charge is -2.29. The van der Waals surface area contributed by atoms with Gasteiger partial charge in [0, 0.05) is 11.3 Å². The van der Waals surface area contributed by atoms with Gasteiger partial charge in [0.2, 0.25) is 0 Å². The fourth-order valence-corrected chi connectivity index (χ4v) is 3.91. The highest BCUT2D eigenvalue weighted by Crippen LogP contribution is 2.29. The number of aromatic nitrogens is 1. The number of benzene rings is 1. The van der Waals surface area contributed by atoms with Crippen LogP contribution in [-0.4, -0.2) is 29.8 Å². The number of rotatable bonds is 6. The number of halogens is 2. The first-order valence-electron chi connectivity index (χ1n) is 8.44. The number of nitriles is 1. The van der Waals surface area contributed by atoms with Crippen LogP contribution in [0.25, 0.3) is 0 Å². The van der Waals surface area contributed by atoms with E-state index in [-0.39, 0.29) is 16.9 Å². The number of carbonyl (C=O) groups excluding carboxylic acids is 1. The fraction of sp³-hybridized carbons (Fsp3) is 0.316. The van der Waals surface area contributed by atoms with Crippen molar-refractivity contribution in [2.24, 2.45) is 5.73 Å². The van der Waals surface area contributed by atoms with Gasteiger partial charge in [-0.2, -0.15) is 5.26 Å². The molecule has 29 heavy (non-hydrogen) atoms. The molecule has 0 saturated heterocycles. The third-order valence-electron chi connectivity index (χ3n) is 4.34. The van der Waals surface area contributed by atoms with Gasteiger partial charge in [-0.25, -0.2) is 22.2 Å². The zero-order chi connectivity index (χ0) is 22.0. The average molecular weight is 422 g/mol. The zero-order valence-corrected chi connectivity index (χ0v) is 16.8. The average Bonchev–Trinajstić information content (AvgIpc) is 2.62. The smallest absolute Gasteiger partial charge is 0.274 e. The third kappa shape index (κ3) is 4.93. The number of amides is 1. The van der Waals surface area contributed by atoms with Crippen molar-refractivity contribution in [3.05, 3.63) is 59.4 Å². The van der Waals surface area contributed by atoms with E-state index in [0.29, 0.717) is 0 Å². The van der Waals surface area contributed by atoms with Crippen molar-refractivity contribution >= 4 is 21.4 Å². The van der Waals surface area contributed by atoms with E-state index >= 15 is 0 Å². The molecule has 0 spiro atoms. The van der Waals surface area contributed by atoms with Gasteiger partial charge in [-0.15, -0.1) is 0 Å². The van der Waals surface area contributed by atoms with Crippen LogP contribution >= 0.6 is 0 Å². The molecular weight excluding hydrogens is 402 g/mol. The Morgan fingerprint density at radius 2 is 1.90 bits per heavy atom. The lowest BCUT2D eigenvalue weighted by atomic mass is 9.94. The van der Waals surface area contributed by atoms with E-state index in [1.54, 1.807) is 6.07 Å². The van der Waals surface area contributed by atoms with Gasteiger partial charge in [0.25, 0.3) is 5.91 Å². The molecule has 1 amide bonds. The van der Waals surface area contributed by atoms with Crippen LogP contribution in [0, 0.1) is 23.0 Å². The summed E-state index contributed by atoms with van der Waals surface area (Å²) in [6, 6.07) is 7.47. The van der Waals surface area contributed by atoms with Crippen LogP contribution in [0.2, 0.25) is 0 Å². The summed E-state index contributed by atoms with van der Waals surface area (Å²) < 4.78 is 50.7. The molecule has 0 unspecified atom stereocenters. The maximum atomic E-state index is 14.4. The molecule has 0 saturated carbocycles. The van der Waals surface area contributed by atoms with Crippen LogP contribution in [0.3, 0.4) is 0 Å². The van der Waals surface area contributed by atoms with Crippen LogP contribution in [0.1, 0.15) is 36.8 Å². The van der Waals surface area contributed by atoms with Crippen molar-refractivity contribution in [1.82, 2.24) is 4.98 Å². The summed E-state index contributed by atoms with van der Waals surface area (Å²) in [6.45, 7) is 3.80. The van der Waals surface area contributed by atoms with E-state index < -0.39 is 43.4 Å². The Balaban J connectivity index is 2.33. The minimum Gasteiger partial charge on any atom is -0.321 e. The zero-order valence-electron chi connectivity index (χ0n) is 16.0. The summed E-state index contributed by atoms with van der Waals surface area (Å²) >= 11 is 0. The second kappa shape index (κ2) is 7.85. The second-order valence-corrected chi connectivity index (χ2v) is 9.85. The van der Waals surface area contributed by atoms with Crippen LogP contribution in [-0.2, 0) is 15.4 Å². The summed E-state index contributed by atoms with van der Waals surface area (Å²) in [7, 11) is -4.00. The molecule has 10 heteroatoms. The summed E-state index contributed by atoms with van der Waals surface area (Å²) in [5, 5.41) is 11.6. The highest BCUT2D eigenvalue weighted by Gasteiger charge is 2.40. The van der Waals surface area contributed by atoms with Gasteiger partial charge < -0.3 is 11.1 Å². The summed E-state index contributed by atoms with van der Waals surface area (Å²) in [5.74, 6) is -2.72. The second-order valence-electron chi connectivity index (χ2n) is 7.31. The van der Waals surface area contributed by atoms with Gasteiger partial charge in [0.1, 0.15) is 17.3 Å². The maximum absolute atomic E-state index is 14.4. The van der Waals surface area contributed by atoms with E-state index in [1.807, 2.05) is 0 Å². The van der Waals surface area contributed by atoms with Crippen molar-refractivity contribution < 1.29 is 22.0 Å². The van der Waals surface area contributed by atoms with E-state index in [0.717, 1.165) is 18.3 Å². The third-order valence-corrected chi connectivity index (χ3v) is 6.96. The first-order chi connectivity index (χ1) is 13.3. The van der Waals surface area contributed by atoms with Crippen LogP contribution in [0.15, 0.2) is 36.5 Å². The normalized spacial score (nSPS) is 14.0. The minimum atomic E-state index is -4.00. The SMILES string of the molecule is CC(C)(C#N)S(=O)(=O)C[C@](C)(N)c1cc(NC(=O)c2ccc(F)cn2)ccc1F. The van der Waals surface area contributed by atoms with Gasteiger partial charge in [0.15, 0.2) is 14.6 Å². The van der Waals surface area contributed by atoms with Crippen LogP contribution in [0.4, 0.5) is 14.5 Å². The molecule has 3 N–H and O–H groups in total. The van der Waals surface area contributed by atoms with E-state index in [1.165, 1.54) is 39.0 Å². The Labute approximate surface area is 167 Å². The fourth-order valence-electron chi connectivity index (χ4n) is 2.47. The summed E-state index contributed by atoms with van der Waals surface area (Å²) in [4.78, 5) is 15.9. The molecule has 2 rings (SSSR count). The number of carbonyl (C=O) groups is 1. The van der Waals surface area contributed by atoms with Crippen molar-refractivity contribution in [1.29, 1.82) is 5.26 Å². The Morgan fingerprint density at radius 3 is 2.45 bits per heavy atom. The van der Waals surface area contributed by atoms with E-state index in [4.69, 9.17) is 11.0 Å². The minimum absolute atomic E-state index is 0.0638. The summed E-state index contributed by atoms with van der Waals surface area (Å²) in [6.07, 6.45) is 0.879. The molecule has 0 bridgehead atoms. The van der Waals surface area contributed by atoms with Gasteiger partial charge in [-0.3, -0.25) is 4.79 Å². The number of anilines is 1. The lowest BCUT2D eigenvalue weighted by molar-refractivity contribution is 0.102. The molecule has 0 aliphatic heterocycles. The molecule has 0 radical (unpaired) electrons. The highest BCUT2D eigenvalue weighted by molar-refractivity contribution is 7.93. The Kier molecular flexibility index (Phi) is 6.06. The molecule has 0 aliphatic carbocycles.